The molecule has 0 bridgehead atoms. The third kappa shape index (κ3) is 0.854. The highest BCUT2D eigenvalue weighted by Crippen LogP contribution is 2.30. The van der Waals surface area contributed by atoms with Gasteiger partial charge in [-0.15, -0.1) is 0 Å². The monoisotopic (exact) mass is 167 g/mol. The van der Waals surface area contributed by atoms with Crippen LogP contribution in [-0.2, 0) is 4.79 Å². The first-order valence-corrected chi connectivity index (χ1v) is 4.42. The lowest BCUT2D eigenvalue weighted by Crippen LogP contribution is -2.39. The Morgan fingerprint density at radius 2 is 2.25 bits per heavy atom. The lowest BCUT2D eigenvalue weighted by atomic mass is 9.99. The molecular weight excluding hydrogens is 154 g/mol. The van der Waals surface area contributed by atoms with Crippen LogP contribution in [0.1, 0.15) is 26.2 Å². The molecule has 0 aromatic rings. The van der Waals surface area contributed by atoms with E-state index in [-0.39, 0.29) is 17.7 Å². The van der Waals surface area contributed by atoms with E-state index >= 15 is 0 Å². The van der Waals surface area contributed by atoms with Gasteiger partial charge in [-0.25, -0.2) is 0 Å². The summed E-state index contributed by atoms with van der Waals surface area (Å²) in [6.45, 7) is 2.66. The Kier molecular flexibility index (Phi) is 1.60. The third-order valence-electron chi connectivity index (χ3n) is 2.84. The number of piperidine rings is 1. The van der Waals surface area contributed by atoms with E-state index in [1.165, 1.54) is 6.42 Å². The van der Waals surface area contributed by atoms with Crippen molar-refractivity contribution < 1.29 is 9.90 Å². The molecule has 0 aromatic heterocycles. The molecule has 1 unspecified atom stereocenters. The van der Waals surface area contributed by atoms with E-state index in [0.717, 1.165) is 25.0 Å². The molecule has 1 atom stereocenters. The minimum absolute atomic E-state index is 0.0121. The fraction of sp³-hybridized carbons (Fsp3) is 0.667. The number of carbonyl (C=O) groups is 1. The van der Waals surface area contributed by atoms with Crippen molar-refractivity contribution in [1.82, 2.24) is 4.90 Å². The third-order valence-corrected chi connectivity index (χ3v) is 2.84. The average Bonchev–Trinajstić information content (AvgIpc) is 2.33. The van der Waals surface area contributed by atoms with Crippen molar-refractivity contribution in [2.75, 3.05) is 6.54 Å². The van der Waals surface area contributed by atoms with Crippen molar-refractivity contribution in [3.8, 4) is 0 Å². The van der Waals surface area contributed by atoms with Crippen LogP contribution in [0.3, 0.4) is 0 Å². The molecule has 0 aliphatic carbocycles. The van der Waals surface area contributed by atoms with Crippen LogP contribution in [0, 0.1) is 0 Å². The summed E-state index contributed by atoms with van der Waals surface area (Å²) in [5, 5.41) is 9.39. The van der Waals surface area contributed by atoms with Crippen LogP contribution in [-0.4, -0.2) is 28.5 Å². The van der Waals surface area contributed by atoms with Crippen molar-refractivity contribution in [3.63, 3.8) is 0 Å². The summed E-state index contributed by atoms with van der Waals surface area (Å²) in [6.07, 6.45) is 3.25. The van der Waals surface area contributed by atoms with Crippen LogP contribution in [0.5, 0.6) is 0 Å². The van der Waals surface area contributed by atoms with Crippen molar-refractivity contribution in [1.29, 1.82) is 0 Å². The summed E-state index contributed by atoms with van der Waals surface area (Å²) < 4.78 is 0. The van der Waals surface area contributed by atoms with Gasteiger partial charge in [0, 0.05) is 6.54 Å². The Morgan fingerprint density at radius 3 is 2.92 bits per heavy atom. The number of amides is 1. The predicted molar refractivity (Wildman–Crippen MR) is 44.7 cm³/mol. The van der Waals surface area contributed by atoms with Gasteiger partial charge in [-0.2, -0.15) is 0 Å². The van der Waals surface area contributed by atoms with E-state index in [1.807, 2.05) is 6.92 Å². The highest BCUT2D eigenvalue weighted by Gasteiger charge is 2.37. The van der Waals surface area contributed by atoms with E-state index in [9.17, 15) is 9.90 Å². The Hall–Kier alpha value is -0.990. The molecular formula is C9H13NO2. The molecule has 1 N–H and O–H groups in total. The van der Waals surface area contributed by atoms with Gasteiger partial charge in [-0.1, -0.05) is 0 Å². The van der Waals surface area contributed by atoms with Gasteiger partial charge in [0.05, 0.1) is 6.04 Å². The minimum atomic E-state index is -0.169. The highest BCUT2D eigenvalue weighted by atomic mass is 16.3. The molecule has 1 saturated heterocycles. The standard InChI is InChI=1S/C9H13NO2/c1-6-7-4-2-3-5-10(7)9(12)8(6)11/h7,11H,2-5H2,1H3. The molecule has 12 heavy (non-hydrogen) atoms. The summed E-state index contributed by atoms with van der Waals surface area (Å²) >= 11 is 0. The van der Waals surface area contributed by atoms with Crippen molar-refractivity contribution in [3.05, 3.63) is 11.3 Å². The lowest BCUT2D eigenvalue weighted by Gasteiger charge is -2.30. The molecule has 0 radical (unpaired) electrons. The summed E-state index contributed by atoms with van der Waals surface area (Å²) in [6, 6.07) is 0.200. The molecule has 2 rings (SSSR count). The van der Waals surface area contributed by atoms with E-state index in [2.05, 4.69) is 0 Å². The van der Waals surface area contributed by atoms with Crippen LogP contribution < -0.4 is 0 Å². The van der Waals surface area contributed by atoms with Crippen molar-refractivity contribution in [2.45, 2.75) is 32.2 Å². The SMILES string of the molecule is CC1=C(O)C(=O)N2CCCCC12. The number of aliphatic hydroxyl groups excluding tert-OH is 1. The number of hydrogen-bond acceptors (Lipinski definition) is 2. The molecule has 3 nitrogen and oxygen atoms in total. The second-order valence-corrected chi connectivity index (χ2v) is 3.54. The lowest BCUT2D eigenvalue weighted by molar-refractivity contribution is -0.130. The normalized spacial score (nSPS) is 29.6. The Balaban J connectivity index is 2.29. The van der Waals surface area contributed by atoms with E-state index in [1.54, 1.807) is 4.90 Å². The molecule has 1 fully saturated rings. The summed E-state index contributed by atoms with van der Waals surface area (Å²) in [4.78, 5) is 13.2. The molecule has 3 heteroatoms. The molecule has 2 heterocycles. The zero-order chi connectivity index (χ0) is 8.72. The van der Waals surface area contributed by atoms with Crippen molar-refractivity contribution >= 4 is 5.91 Å². The van der Waals surface area contributed by atoms with Gasteiger partial charge in [0.15, 0.2) is 5.76 Å². The average molecular weight is 167 g/mol. The van der Waals surface area contributed by atoms with Gasteiger partial charge in [0.1, 0.15) is 0 Å². The maximum absolute atomic E-state index is 11.4. The Morgan fingerprint density at radius 1 is 1.50 bits per heavy atom. The van der Waals surface area contributed by atoms with Gasteiger partial charge in [-0.3, -0.25) is 4.79 Å². The number of carbonyl (C=O) groups excluding carboxylic acids is 1. The zero-order valence-electron chi connectivity index (χ0n) is 7.21. The number of fused-ring (bicyclic) bond motifs is 1. The number of rotatable bonds is 0. The van der Waals surface area contributed by atoms with Crippen LogP contribution in [0.2, 0.25) is 0 Å². The maximum Gasteiger partial charge on any atom is 0.289 e. The fourth-order valence-corrected chi connectivity index (χ4v) is 2.09. The van der Waals surface area contributed by atoms with E-state index in [0.29, 0.717) is 0 Å². The second-order valence-electron chi connectivity index (χ2n) is 3.54. The second kappa shape index (κ2) is 2.51. The predicted octanol–water partition coefficient (Wildman–Crippen LogP) is 1.21. The first kappa shape index (κ1) is 7.65. The van der Waals surface area contributed by atoms with Crippen LogP contribution >= 0.6 is 0 Å². The van der Waals surface area contributed by atoms with Gasteiger partial charge < -0.3 is 10.0 Å². The summed E-state index contributed by atoms with van der Waals surface area (Å²) in [5.41, 5.74) is 0.861. The minimum Gasteiger partial charge on any atom is -0.503 e. The highest BCUT2D eigenvalue weighted by molar-refractivity contribution is 5.95. The molecule has 2 aliphatic rings. The Labute approximate surface area is 71.7 Å². The first-order chi connectivity index (χ1) is 5.72. The number of nitrogens with zero attached hydrogens (tertiary/aromatic N) is 1. The zero-order valence-corrected chi connectivity index (χ0v) is 7.21. The van der Waals surface area contributed by atoms with E-state index in [4.69, 9.17) is 0 Å². The molecule has 0 spiro atoms. The summed E-state index contributed by atoms with van der Waals surface area (Å²) in [5.74, 6) is -0.181. The molecule has 0 saturated carbocycles. The largest absolute Gasteiger partial charge is 0.503 e. The number of aliphatic hydroxyl groups is 1. The topological polar surface area (TPSA) is 40.5 Å². The van der Waals surface area contributed by atoms with Gasteiger partial charge >= 0.3 is 0 Å². The van der Waals surface area contributed by atoms with Gasteiger partial charge in [0.25, 0.3) is 5.91 Å². The molecule has 66 valence electrons. The van der Waals surface area contributed by atoms with Crippen LogP contribution in [0.4, 0.5) is 0 Å². The fourth-order valence-electron chi connectivity index (χ4n) is 2.09. The quantitative estimate of drug-likeness (QED) is 0.589. The summed E-state index contributed by atoms with van der Waals surface area (Å²) in [7, 11) is 0. The molecule has 0 aromatic carbocycles. The number of hydrogen-bond donors (Lipinski definition) is 1. The molecule has 2 aliphatic heterocycles. The van der Waals surface area contributed by atoms with Gasteiger partial charge in [0.2, 0.25) is 0 Å². The van der Waals surface area contributed by atoms with Gasteiger partial charge in [-0.05, 0) is 31.8 Å². The van der Waals surface area contributed by atoms with Crippen molar-refractivity contribution in [2.24, 2.45) is 0 Å². The smallest absolute Gasteiger partial charge is 0.289 e. The maximum atomic E-state index is 11.4. The Bertz CT molecular complexity index is 257. The molecule has 1 amide bonds. The van der Waals surface area contributed by atoms with E-state index < -0.39 is 0 Å². The van der Waals surface area contributed by atoms with Crippen LogP contribution in [0.25, 0.3) is 0 Å². The first-order valence-electron chi connectivity index (χ1n) is 4.42. The van der Waals surface area contributed by atoms with Crippen LogP contribution in [0.15, 0.2) is 11.3 Å².